The highest BCUT2D eigenvalue weighted by molar-refractivity contribution is 6.33. The average Bonchev–Trinajstić information content (AvgIpc) is 2.71. The van der Waals surface area contributed by atoms with Crippen LogP contribution in [0.2, 0.25) is 5.02 Å². The van der Waals surface area contributed by atoms with Gasteiger partial charge in [-0.25, -0.2) is 0 Å². The van der Waals surface area contributed by atoms with Crippen molar-refractivity contribution in [2.24, 2.45) is 0 Å². The van der Waals surface area contributed by atoms with Crippen LogP contribution in [0.25, 0.3) is 11.5 Å². The SMILES string of the molecule is CC(C)c1nnc(-c2ccc(Cl)c(N)c2)o1. The van der Waals surface area contributed by atoms with Gasteiger partial charge in [0.15, 0.2) is 0 Å². The van der Waals surface area contributed by atoms with Crippen LogP contribution in [0.3, 0.4) is 0 Å². The van der Waals surface area contributed by atoms with Gasteiger partial charge < -0.3 is 10.2 Å². The van der Waals surface area contributed by atoms with Crippen LogP contribution in [0.15, 0.2) is 22.6 Å². The highest BCUT2D eigenvalue weighted by Gasteiger charge is 2.11. The van der Waals surface area contributed by atoms with E-state index in [1.165, 1.54) is 0 Å². The third-order valence-corrected chi connectivity index (χ3v) is 2.52. The molecule has 16 heavy (non-hydrogen) atoms. The summed E-state index contributed by atoms with van der Waals surface area (Å²) in [7, 11) is 0. The maximum absolute atomic E-state index is 5.83. The van der Waals surface area contributed by atoms with E-state index in [9.17, 15) is 0 Å². The van der Waals surface area contributed by atoms with E-state index in [2.05, 4.69) is 10.2 Å². The molecule has 0 aliphatic carbocycles. The summed E-state index contributed by atoms with van der Waals surface area (Å²) in [6, 6.07) is 5.24. The van der Waals surface area contributed by atoms with E-state index in [0.717, 1.165) is 5.56 Å². The monoisotopic (exact) mass is 237 g/mol. The number of rotatable bonds is 2. The topological polar surface area (TPSA) is 64.9 Å². The third-order valence-electron chi connectivity index (χ3n) is 2.18. The number of benzene rings is 1. The van der Waals surface area contributed by atoms with Crippen molar-refractivity contribution in [2.75, 3.05) is 5.73 Å². The van der Waals surface area contributed by atoms with Crippen LogP contribution in [-0.4, -0.2) is 10.2 Å². The predicted octanol–water partition coefficient (Wildman–Crippen LogP) is 3.10. The molecule has 0 fully saturated rings. The molecule has 0 saturated carbocycles. The van der Waals surface area contributed by atoms with Crippen molar-refractivity contribution in [3.63, 3.8) is 0 Å². The molecule has 2 rings (SSSR count). The Bertz CT molecular complexity index is 508. The van der Waals surface area contributed by atoms with E-state index in [1.54, 1.807) is 18.2 Å². The molecule has 0 radical (unpaired) electrons. The Morgan fingerprint density at radius 1 is 1.31 bits per heavy atom. The molecule has 4 nitrogen and oxygen atoms in total. The van der Waals surface area contributed by atoms with E-state index in [1.807, 2.05) is 13.8 Å². The summed E-state index contributed by atoms with van der Waals surface area (Å²) in [6.07, 6.45) is 0. The second-order valence-electron chi connectivity index (χ2n) is 3.84. The normalized spacial score (nSPS) is 11.0. The smallest absolute Gasteiger partial charge is 0.247 e. The zero-order valence-electron chi connectivity index (χ0n) is 9.07. The van der Waals surface area contributed by atoms with Gasteiger partial charge in [-0.15, -0.1) is 10.2 Å². The van der Waals surface area contributed by atoms with Gasteiger partial charge in [0.05, 0.1) is 10.7 Å². The molecule has 0 unspecified atom stereocenters. The molecule has 2 aromatic rings. The van der Waals surface area contributed by atoms with Gasteiger partial charge in [-0.3, -0.25) is 0 Å². The van der Waals surface area contributed by atoms with Crippen molar-refractivity contribution in [3.05, 3.63) is 29.1 Å². The molecule has 1 aromatic carbocycles. The second-order valence-corrected chi connectivity index (χ2v) is 4.24. The van der Waals surface area contributed by atoms with E-state index in [0.29, 0.717) is 22.5 Å². The molecule has 0 bridgehead atoms. The average molecular weight is 238 g/mol. The Morgan fingerprint density at radius 2 is 2.06 bits per heavy atom. The molecule has 0 saturated heterocycles. The quantitative estimate of drug-likeness (QED) is 0.816. The van der Waals surface area contributed by atoms with Crippen LogP contribution in [0.4, 0.5) is 5.69 Å². The first-order chi connectivity index (χ1) is 7.58. The molecule has 0 atom stereocenters. The molecule has 0 spiro atoms. The minimum absolute atomic E-state index is 0.214. The molecule has 1 heterocycles. The Hall–Kier alpha value is -1.55. The van der Waals surface area contributed by atoms with Gasteiger partial charge in [0.1, 0.15) is 0 Å². The number of hydrogen-bond acceptors (Lipinski definition) is 4. The Kier molecular flexibility index (Phi) is 2.83. The number of aromatic nitrogens is 2. The Morgan fingerprint density at radius 3 is 2.62 bits per heavy atom. The van der Waals surface area contributed by atoms with Crippen LogP contribution in [-0.2, 0) is 0 Å². The van der Waals surface area contributed by atoms with Gasteiger partial charge in [-0.2, -0.15) is 0 Å². The first-order valence-electron chi connectivity index (χ1n) is 4.96. The zero-order valence-corrected chi connectivity index (χ0v) is 9.82. The third kappa shape index (κ3) is 2.02. The van der Waals surface area contributed by atoms with Gasteiger partial charge in [-0.1, -0.05) is 25.4 Å². The number of nitrogens with zero attached hydrogens (tertiary/aromatic N) is 2. The summed E-state index contributed by atoms with van der Waals surface area (Å²) in [5.74, 6) is 1.29. The highest BCUT2D eigenvalue weighted by atomic mass is 35.5. The van der Waals surface area contributed by atoms with Gasteiger partial charge in [0.25, 0.3) is 0 Å². The minimum atomic E-state index is 0.214. The lowest BCUT2D eigenvalue weighted by Gasteiger charge is -1.99. The zero-order chi connectivity index (χ0) is 11.7. The molecular formula is C11H12ClN3O. The van der Waals surface area contributed by atoms with Crippen LogP contribution >= 0.6 is 11.6 Å². The summed E-state index contributed by atoms with van der Waals surface area (Å²) < 4.78 is 5.51. The number of nitrogens with two attached hydrogens (primary N) is 1. The molecule has 0 aliphatic heterocycles. The van der Waals surface area contributed by atoms with Crippen molar-refractivity contribution >= 4 is 17.3 Å². The predicted molar refractivity (Wildman–Crippen MR) is 63.2 cm³/mol. The van der Waals surface area contributed by atoms with Crippen molar-refractivity contribution in [1.29, 1.82) is 0 Å². The fourth-order valence-corrected chi connectivity index (χ4v) is 1.38. The van der Waals surface area contributed by atoms with E-state index in [4.69, 9.17) is 21.8 Å². The number of nitrogen functional groups attached to an aromatic ring is 1. The first-order valence-corrected chi connectivity index (χ1v) is 5.34. The molecule has 0 amide bonds. The van der Waals surface area contributed by atoms with Crippen LogP contribution in [0, 0.1) is 0 Å². The van der Waals surface area contributed by atoms with Gasteiger partial charge in [0.2, 0.25) is 11.8 Å². The summed E-state index contributed by atoms with van der Waals surface area (Å²) >= 11 is 5.83. The molecular weight excluding hydrogens is 226 g/mol. The molecule has 5 heteroatoms. The van der Waals surface area contributed by atoms with Crippen molar-refractivity contribution in [1.82, 2.24) is 10.2 Å². The summed E-state index contributed by atoms with van der Waals surface area (Å²) in [6.45, 7) is 3.99. The number of halogens is 1. The van der Waals surface area contributed by atoms with Gasteiger partial charge in [-0.05, 0) is 18.2 Å². The number of hydrogen-bond donors (Lipinski definition) is 1. The van der Waals surface area contributed by atoms with E-state index < -0.39 is 0 Å². The highest BCUT2D eigenvalue weighted by Crippen LogP contribution is 2.26. The van der Waals surface area contributed by atoms with E-state index in [-0.39, 0.29) is 5.92 Å². The Balaban J connectivity index is 2.39. The number of anilines is 1. The standard InChI is InChI=1S/C11H12ClN3O/c1-6(2)10-14-15-11(16-10)7-3-4-8(12)9(13)5-7/h3-6H,13H2,1-2H3. The maximum Gasteiger partial charge on any atom is 0.247 e. The summed E-state index contributed by atoms with van der Waals surface area (Å²) in [4.78, 5) is 0. The molecule has 1 aromatic heterocycles. The molecule has 0 aliphatic rings. The summed E-state index contributed by atoms with van der Waals surface area (Å²) in [5.41, 5.74) is 6.98. The van der Waals surface area contributed by atoms with E-state index >= 15 is 0 Å². The minimum Gasteiger partial charge on any atom is -0.420 e. The largest absolute Gasteiger partial charge is 0.420 e. The lowest BCUT2D eigenvalue weighted by Crippen LogP contribution is -1.87. The lowest BCUT2D eigenvalue weighted by atomic mass is 10.2. The Labute approximate surface area is 98.4 Å². The van der Waals surface area contributed by atoms with Crippen LogP contribution in [0.5, 0.6) is 0 Å². The van der Waals surface area contributed by atoms with Gasteiger partial charge in [0, 0.05) is 11.5 Å². The fraction of sp³-hybridized carbons (Fsp3) is 0.273. The van der Waals surface area contributed by atoms with Gasteiger partial charge >= 0.3 is 0 Å². The van der Waals surface area contributed by atoms with Crippen LogP contribution in [0.1, 0.15) is 25.7 Å². The molecule has 84 valence electrons. The molecule has 2 N–H and O–H groups in total. The van der Waals surface area contributed by atoms with Crippen molar-refractivity contribution < 1.29 is 4.42 Å². The summed E-state index contributed by atoms with van der Waals surface area (Å²) in [5, 5.41) is 8.44. The fourth-order valence-electron chi connectivity index (χ4n) is 1.26. The van der Waals surface area contributed by atoms with Crippen molar-refractivity contribution in [3.8, 4) is 11.5 Å². The maximum atomic E-state index is 5.83. The lowest BCUT2D eigenvalue weighted by molar-refractivity contribution is 0.481. The second kappa shape index (κ2) is 4.14. The van der Waals surface area contributed by atoms with Crippen molar-refractivity contribution in [2.45, 2.75) is 19.8 Å². The first kappa shape index (κ1) is 11.0. The van der Waals surface area contributed by atoms with Crippen LogP contribution < -0.4 is 5.73 Å².